The van der Waals surface area contributed by atoms with E-state index in [9.17, 15) is 21.6 Å². The molecular weight excluding hydrogens is 373 g/mol. The van der Waals surface area contributed by atoms with Gasteiger partial charge in [0, 0.05) is 29.3 Å². The fourth-order valence-corrected chi connectivity index (χ4v) is 3.50. The van der Waals surface area contributed by atoms with Crippen molar-refractivity contribution in [2.45, 2.75) is 11.1 Å². The molecule has 108 valence electrons. The van der Waals surface area contributed by atoms with Crippen LogP contribution in [0.3, 0.4) is 0 Å². The maximum atomic E-state index is 12.4. The molecule has 0 unspecified atom stereocenters. The maximum Gasteiger partial charge on any atom is 0.402 e. The van der Waals surface area contributed by atoms with Crippen molar-refractivity contribution in [2.24, 2.45) is 0 Å². The fraction of sp³-hybridized carbons (Fsp3) is 0.444. The second-order valence-corrected chi connectivity index (χ2v) is 6.71. The largest absolute Gasteiger partial charge is 0.402 e. The molecule has 0 spiro atoms. The van der Waals surface area contributed by atoms with Gasteiger partial charge in [0.1, 0.15) is 11.4 Å². The number of sulfonamides is 1. The van der Waals surface area contributed by atoms with E-state index in [-0.39, 0.29) is 15.1 Å². The minimum absolute atomic E-state index is 0.239. The Kier molecular flexibility index (Phi) is 5.60. The number of halogens is 5. The van der Waals surface area contributed by atoms with E-state index in [0.29, 0.717) is 4.47 Å². The quantitative estimate of drug-likeness (QED) is 0.737. The molecule has 19 heavy (non-hydrogen) atoms. The van der Waals surface area contributed by atoms with Crippen LogP contribution < -0.4 is 0 Å². The maximum absolute atomic E-state index is 12.4. The first-order valence-electron chi connectivity index (χ1n) is 4.90. The van der Waals surface area contributed by atoms with Gasteiger partial charge in [-0.05, 0) is 22.0 Å². The molecule has 0 N–H and O–H groups in total. The molecule has 1 heterocycles. The van der Waals surface area contributed by atoms with Gasteiger partial charge in [-0.1, -0.05) is 0 Å². The molecule has 4 nitrogen and oxygen atoms in total. The molecule has 0 atom stereocenters. The van der Waals surface area contributed by atoms with Crippen LogP contribution in [0.5, 0.6) is 0 Å². The molecule has 0 aliphatic heterocycles. The van der Waals surface area contributed by atoms with Crippen molar-refractivity contribution in [3.63, 3.8) is 0 Å². The van der Waals surface area contributed by atoms with Crippen molar-refractivity contribution in [3.8, 4) is 0 Å². The Balaban J connectivity index is 3.13. The van der Waals surface area contributed by atoms with E-state index in [1.54, 1.807) is 0 Å². The zero-order valence-electron chi connectivity index (χ0n) is 9.36. The Morgan fingerprint density at radius 1 is 1.37 bits per heavy atom. The Hall–Kier alpha value is -0.380. The Morgan fingerprint density at radius 3 is 2.47 bits per heavy atom. The highest BCUT2D eigenvalue weighted by molar-refractivity contribution is 9.10. The normalized spacial score (nSPS) is 12.9. The van der Waals surface area contributed by atoms with Gasteiger partial charge in [-0.15, -0.1) is 11.6 Å². The number of pyridine rings is 1. The molecular formula is C9H9BrClF3N2O2S. The van der Waals surface area contributed by atoms with Gasteiger partial charge in [0.2, 0.25) is 10.0 Å². The molecule has 0 saturated carbocycles. The monoisotopic (exact) mass is 380 g/mol. The van der Waals surface area contributed by atoms with Gasteiger partial charge in [-0.3, -0.25) is 4.98 Å². The summed E-state index contributed by atoms with van der Waals surface area (Å²) in [6, 6.07) is 1.18. The van der Waals surface area contributed by atoms with Crippen LogP contribution in [-0.2, 0) is 10.0 Å². The van der Waals surface area contributed by atoms with E-state index in [0.717, 1.165) is 6.20 Å². The van der Waals surface area contributed by atoms with Gasteiger partial charge in [0.15, 0.2) is 0 Å². The van der Waals surface area contributed by atoms with Gasteiger partial charge < -0.3 is 0 Å². The van der Waals surface area contributed by atoms with Crippen molar-refractivity contribution in [2.75, 3.05) is 19.0 Å². The van der Waals surface area contributed by atoms with Crippen LogP contribution in [0.1, 0.15) is 0 Å². The number of nitrogens with zero attached hydrogens (tertiary/aromatic N) is 2. The zero-order valence-corrected chi connectivity index (χ0v) is 12.5. The first-order chi connectivity index (χ1) is 8.66. The molecule has 0 radical (unpaired) electrons. The van der Waals surface area contributed by atoms with Crippen molar-refractivity contribution >= 4 is 37.6 Å². The number of hydrogen-bond acceptors (Lipinski definition) is 3. The lowest BCUT2D eigenvalue weighted by molar-refractivity contribution is -0.135. The third-order valence-electron chi connectivity index (χ3n) is 2.01. The average Bonchev–Trinajstić information content (AvgIpc) is 2.26. The van der Waals surface area contributed by atoms with Gasteiger partial charge in [-0.25, -0.2) is 8.42 Å². The Bertz CT molecular complexity index is 539. The summed E-state index contributed by atoms with van der Waals surface area (Å²) in [7, 11) is -4.28. The molecule has 1 rings (SSSR count). The summed E-state index contributed by atoms with van der Waals surface area (Å²) in [5.74, 6) is -0.239. The van der Waals surface area contributed by atoms with Crippen molar-refractivity contribution in [1.82, 2.24) is 9.29 Å². The predicted molar refractivity (Wildman–Crippen MR) is 67.5 cm³/mol. The smallest absolute Gasteiger partial charge is 0.262 e. The van der Waals surface area contributed by atoms with E-state index in [1.165, 1.54) is 12.3 Å². The average molecular weight is 382 g/mol. The molecule has 0 amide bonds. The number of hydrogen-bond donors (Lipinski definition) is 0. The molecule has 0 fully saturated rings. The molecule has 0 aliphatic carbocycles. The minimum atomic E-state index is -4.64. The lowest BCUT2D eigenvalue weighted by atomic mass is 10.5. The second-order valence-electron chi connectivity index (χ2n) is 3.48. The topological polar surface area (TPSA) is 50.3 Å². The highest BCUT2D eigenvalue weighted by atomic mass is 79.9. The third kappa shape index (κ3) is 4.90. The van der Waals surface area contributed by atoms with Crippen LogP contribution in [0.15, 0.2) is 27.8 Å². The molecule has 0 aliphatic rings. The molecule has 0 saturated heterocycles. The first kappa shape index (κ1) is 16.7. The Labute approximate surface area is 121 Å². The highest BCUT2D eigenvalue weighted by Gasteiger charge is 2.36. The summed E-state index contributed by atoms with van der Waals surface area (Å²) in [6.45, 7) is -2.02. The lowest BCUT2D eigenvalue weighted by Crippen LogP contribution is -2.40. The van der Waals surface area contributed by atoms with Crippen LogP contribution in [0.4, 0.5) is 13.2 Å². The second kappa shape index (κ2) is 6.38. The molecule has 1 aromatic rings. The summed E-state index contributed by atoms with van der Waals surface area (Å²) in [4.78, 5) is 3.30. The van der Waals surface area contributed by atoms with E-state index in [2.05, 4.69) is 20.9 Å². The van der Waals surface area contributed by atoms with Crippen LogP contribution in [-0.4, -0.2) is 42.9 Å². The van der Waals surface area contributed by atoms with E-state index >= 15 is 0 Å². The summed E-state index contributed by atoms with van der Waals surface area (Å²) in [5, 5.41) is 0. The van der Waals surface area contributed by atoms with Crippen LogP contribution in [0.2, 0.25) is 0 Å². The van der Waals surface area contributed by atoms with Gasteiger partial charge in [0.05, 0.1) is 0 Å². The molecule has 0 aromatic carbocycles. The summed E-state index contributed by atoms with van der Waals surface area (Å²) < 4.78 is 61.9. The summed E-state index contributed by atoms with van der Waals surface area (Å²) in [6.07, 6.45) is -2.33. The van der Waals surface area contributed by atoms with E-state index < -0.39 is 29.3 Å². The van der Waals surface area contributed by atoms with E-state index in [4.69, 9.17) is 11.6 Å². The number of alkyl halides is 4. The van der Waals surface area contributed by atoms with Crippen molar-refractivity contribution < 1.29 is 21.6 Å². The minimum Gasteiger partial charge on any atom is -0.262 e. The van der Waals surface area contributed by atoms with E-state index in [1.807, 2.05) is 0 Å². The SMILES string of the molecule is O=S(=O)(c1cncc(Br)c1)N(CCCl)CC(F)(F)F. The summed E-state index contributed by atoms with van der Waals surface area (Å²) in [5.41, 5.74) is 0. The zero-order chi connectivity index (χ0) is 14.7. The molecule has 0 bridgehead atoms. The highest BCUT2D eigenvalue weighted by Crippen LogP contribution is 2.23. The van der Waals surface area contributed by atoms with Gasteiger partial charge in [0.25, 0.3) is 0 Å². The Morgan fingerprint density at radius 2 is 2.00 bits per heavy atom. The van der Waals surface area contributed by atoms with Gasteiger partial charge >= 0.3 is 6.18 Å². The first-order valence-corrected chi connectivity index (χ1v) is 7.67. The predicted octanol–water partition coefficient (Wildman–Crippen LogP) is 2.64. The third-order valence-corrected chi connectivity index (χ3v) is 4.42. The van der Waals surface area contributed by atoms with Gasteiger partial charge in [-0.2, -0.15) is 17.5 Å². The summed E-state index contributed by atoms with van der Waals surface area (Å²) >= 11 is 8.36. The number of aromatic nitrogens is 1. The van der Waals surface area contributed by atoms with Crippen molar-refractivity contribution in [1.29, 1.82) is 0 Å². The van der Waals surface area contributed by atoms with Crippen LogP contribution >= 0.6 is 27.5 Å². The molecule has 10 heteroatoms. The molecule has 1 aromatic heterocycles. The van der Waals surface area contributed by atoms with Crippen LogP contribution in [0, 0.1) is 0 Å². The fourth-order valence-electron chi connectivity index (χ4n) is 1.26. The lowest BCUT2D eigenvalue weighted by Gasteiger charge is -2.22. The van der Waals surface area contributed by atoms with Crippen LogP contribution in [0.25, 0.3) is 0 Å². The number of rotatable bonds is 5. The van der Waals surface area contributed by atoms with Crippen molar-refractivity contribution in [3.05, 3.63) is 22.9 Å². The standard InChI is InChI=1S/C9H9BrClF3N2O2S/c10-7-3-8(5-15-4-7)19(17,18)16(2-1-11)6-9(12,13)14/h3-5H,1-2,6H2.